The normalized spacial score (nSPS) is 26.5. The van der Waals surface area contributed by atoms with Gasteiger partial charge in [0.1, 0.15) is 73.2 Å². The first-order valence-electron chi connectivity index (χ1n) is 41.3. The molecule has 0 aromatic carbocycles. The van der Waals surface area contributed by atoms with Crippen molar-refractivity contribution >= 4 is 5.91 Å². The molecule has 3 rings (SSSR count). The number of unbranched alkanes of at least 4 members (excludes halogenated alkanes) is 37. The number of hydrogen-bond acceptors (Lipinski definition) is 18. The summed E-state index contributed by atoms with van der Waals surface area (Å²) < 4.78 is 34.5. The van der Waals surface area contributed by atoms with Gasteiger partial charge in [-0.25, -0.2) is 0 Å². The summed E-state index contributed by atoms with van der Waals surface area (Å²) >= 11 is 0. The third kappa shape index (κ3) is 43.7. The number of carbonyl (C=O) groups is 1. The second-order valence-electron chi connectivity index (χ2n) is 29.2. The Labute approximate surface area is 622 Å². The first kappa shape index (κ1) is 94.2. The molecule has 17 unspecified atom stereocenters. The average molecular weight is 1460 g/mol. The SMILES string of the molecule is CC/C=C\C/C=C\C/C=C\C/C=C\C/C=C\CCCCCCCCCCCCCCCC(=O)NC(COC1OC(CO)C(OC2OC(CO)C(OC3OC(CO)C(O)C(O)C3O)C(O)C2O)C(O)C1O)C(O)/C=C/CC/C=C/CCCCCCCCCCCCCCCCCCCCCCCCC. The Morgan fingerprint density at radius 3 is 1.09 bits per heavy atom. The summed E-state index contributed by atoms with van der Waals surface area (Å²) in [4.78, 5) is 13.5. The molecule has 1 amide bonds. The third-order valence-corrected chi connectivity index (χ3v) is 20.2. The molecule has 17 atom stereocenters. The fraction of sp³-hybridized carbons (Fsp3) is 0.821. The molecule has 0 saturated carbocycles. The Balaban J connectivity index is 1.38. The molecule has 3 heterocycles. The lowest BCUT2D eigenvalue weighted by atomic mass is 9.96. The van der Waals surface area contributed by atoms with Crippen LogP contribution < -0.4 is 5.32 Å². The lowest BCUT2D eigenvalue weighted by Crippen LogP contribution is -2.66. The van der Waals surface area contributed by atoms with E-state index < -0.39 is 124 Å². The van der Waals surface area contributed by atoms with Crippen LogP contribution in [0.2, 0.25) is 0 Å². The summed E-state index contributed by atoms with van der Waals surface area (Å²) in [6.45, 7) is 1.64. The Bertz CT molecular complexity index is 2190. The molecule has 19 heteroatoms. The van der Waals surface area contributed by atoms with E-state index in [1.165, 1.54) is 193 Å². The lowest BCUT2D eigenvalue weighted by Gasteiger charge is -2.48. The van der Waals surface area contributed by atoms with Crippen LogP contribution in [0.1, 0.15) is 309 Å². The highest BCUT2D eigenvalue weighted by molar-refractivity contribution is 5.76. The van der Waals surface area contributed by atoms with E-state index in [1.807, 2.05) is 6.08 Å². The number of aliphatic hydroxyl groups excluding tert-OH is 11. The summed E-state index contributed by atoms with van der Waals surface area (Å²) in [5.41, 5.74) is 0. The summed E-state index contributed by atoms with van der Waals surface area (Å²) in [6.07, 6.45) is 58.6. The van der Waals surface area contributed by atoms with Crippen LogP contribution in [0.5, 0.6) is 0 Å². The van der Waals surface area contributed by atoms with E-state index in [1.54, 1.807) is 6.08 Å². The van der Waals surface area contributed by atoms with Gasteiger partial charge in [0.15, 0.2) is 18.9 Å². The zero-order valence-electron chi connectivity index (χ0n) is 64.0. The van der Waals surface area contributed by atoms with Crippen LogP contribution >= 0.6 is 0 Å². The monoisotopic (exact) mass is 1460 g/mol. The van der Waals surface area contributed by atoms with Crippen molar-refractivity contribution in [2.75, 3.05) is 26.4 Å². The van der Waals surface area contributed by atoms with Crippen LogP contribution in [0, 0.1) is 0 Å². The fourth-order valence-electron chi connectivity index (χ4n) is 13.6. The molecule has 598 valence electrons. The Morgan fingerprint density at radius 1 is 0.359 bits per heavy atom. The molecule has 3 saturated heterocycles. The maximum absolute atomic E-state index is 13.5. The Kier molecular flexibility index (Phi) is 58.4. The molecule has 19 nitrogen and oxygen atoms in total. The second-order valence-corrected chi connectivity index (χ2v) is 29.2. The van der Waals surface area contributed by atoms with E-state index in [-0.39, 0.29) is 18.9 Å². The minimum absolute atomic E-state index is 0.230. The first-order chi connectivity index (χ1) is 50.3. The van der Waals surface area contributed by atoms with Gasteiger partial charge in [-0.15, -0.1) is 0 Å². The van der Waals surface area contributed by atoms with Crippen molar-refractivity contribution in [3.8, 4) is 0 Å². The Morgan fingerprint density at radius 2 is 0.680 bits per heavy atom. The zero-order chi connectivity index (χ0) is 74.6. The van der Waals surface area contributed by atoms with Crippen molar-refractivity contribution in [3.63, 3.8) is 0 Å². The van der Waals surface area contributed by atoms with E-state index in [0.29, 0.717) is 12.8 Å². The molecule has 12 N–H and O–H groups in total. The predicted molar refractivity (Wildman–Crippen MR) is 411 cm³/mol. The van der Waals surface area contributed by atoms with E-state index in [0.717, 1.165) is 83.5 Å². The molecule has 0 radical (unpaired) electrons. The lowest BCUT2D eigenvalue weighted by molar-refractivity contribution is -0.379. The molecule has 0 bridgehead atoms. The topological polar surface area (TPSA) is 307 Å². The number of ether oxygens (including phenoxy) is 6. The van der Waals surface area contributed by atoms with Crippen LogP contribution in [0.4, 0.5) is 0 Å². The van der Waals surface area contributed by atoms with Gasteiger partial charge >= 0.3 is 0 Å². The van der Waals surface area contributed by atoms with Gasteiger partial charge in [-0.2, -0.15) is 0 Å². The van der Waals surface area contributed by atoms with Gasteiger partial charge in [-0.1, -0.05) is 311 Å². The van der Waals surface area contributed by atoms with E-state index in [2.05, 4.69) is 92.1 Å². The summed E-state index contributed by atoms with van der Waals surface area (Å²) in [7, 11) is 0. The summed E-state index contributed by atoms with van der Waals surface area (Å²) in [5, 5.41) is 121. The summed E-state index contributed by atoms with van der Waals surface area (Å²) in [5.74, 6) is -0.286. The average Bonchev–Trinajstić information content (AvgIpc) is 0.781. The number of rotatable bonds is 65. The van der Waals surface area contributed by atoms with Gasteiger partial charge in [0.2, 0.25) is 5.91 Å². The van der Waals surface area contributed by atoms with Gasteiger partial charge in [0.25, 0.3) is 0 Å². The molecule has 0 aliphatic carbocycles. The van der Waals surface area contributed by atoms with Crippen molar-refractivity contribution < 1.29 is 89.4 Å². The molecule has 3 aliphatic heterocycles. The van der Waals surface area contributed by atoms with Crippen molar-refractivity contribution in [1.82, 2.24) is 5.32 Å². The van der Waals surface area contributed by atoms with Crippen molar-refractivity contribution in [2.24, 2.45) is 0 Å². The fourth-order valence-corrected chi connectivity index (χ4v) is 13.6. The number of nitrogens with one attached hydrogen (secondary N) is 1. The number of aliphatic hydroxyl groups is 11. The minimum Gasteiger partial charge on any atom is -0.394 e. The van der Waals surface area contributed by atoms with Gasteiger partial charge in [0.05, 0.1) is 38.6 Å². The molecule has 0 spiro atoms. The van der Waals surface area contributed by atoms with E-state index in [9.17, 15) is 61.0 Å². The van der Waals surface area contributed by atoms with E-state index >= 15 is 0 Å². The van der Waals surface area contributed by atoms with Crippen LogP contribution in [0.25, 0.3) is 0 Å². The number of hydrogen-bond donors (Lipinski definition) is 12. The van der Waals surface area contributed by atoms with E-state index in [4.69, 9.17) is 28.4 Å². The standard InChI is InChI=1S/C84H149NO18/c1-3-5-7-9-11-13-15-17-19-21-23-25-27-29-31-33-35-37-39-41-43-45-47-49-51-53-55-57-59-61-68(89)67(85-72(90)62-60-58-56-54-52-50-48-46-44-42-40-38-36-34-32-30-28-26-24-22-20-18-16-14-12-10-8-6-4-2)66-98-82-78(96)75(93)80(70(64-87)100-82)103-84-79(97)76(94)81(71(65-88)101-84)102-83-77(95)74(92)73(91)69(63-86)99-83/h6,8,12,14,18,20,24,26,30,32,51,53,59,61,67-71,73-84,86-89,91-97H,3-5,7,9-11,13,15-17,19,21-23,25,27-29,31,33-50,52,54-58,60,62-66H2,1-2H3,(H,85,90)/b8-6-,14-12-,20-18-,26-24-,32-30-,53-51+,61-59+. The van der Waals surface area contributed by atoms with Crippen molar-refractivity contribution in [3.05, 3.63) is 85.1 Å². The van der Waals surface area contributed by atoms with Crippen LogP contribution in [-0.4, -0.2) is 193 Å². The highest BCUT2D eigenvalue weighted by Crippen LogP contribution is 2.33. The second kappa shape index (κ2) is 63.9. The predicted octanol–water partition coefficient (Wildman–Crippen LogP) is 14.2. The number of amides is 1. The van der Waals surface area contributed by atoms with Crippen molar-refractivity contribution in [1.29, 1.82) is 0 Å². The molecular formula is C84H149NO18. The van der Waals surface area contributed by atoms with Crippen LogP contribution in [0.3, 0.4) is 0 Å². The summed E-state index contributed by atoms with van der Waals surface area (Å²) in [6, 6.07) is -0.997. The third-order valence-electron chi connectivity index (χ3n) is 20.2. The molecule has 0 aromatic heterocycles. The Hall–Kier alpha value is -3.03. The van der Waals surface area contributed by atoms with Crippen LogP contribution in [0.15, 0.2) is 85.1 Å². The first-order valence-corrected chi connectivity index (χ1v) is 41.3. The maximum atomic E-state index is 13.5. The van der Waals surface area contributed by atoms with Crippen molar-refractivity contribution in [2.45, 2.75) is 413 Å². The minimum atomic E-state index is -1.99. The molecule has 3 fully saturated rings. The number of carbonyl (C=O) groups excluding carboxylic acids is 1. The smallest absolute Gasteiger partial charge is 0.220 e. The van der Waals surface area contributed by atoms with Crippen LogP contribution in [-0.2, 0) is 33.2 Å². The zero-order valence-corrected chi connectivity index (χ0v) is 64.0. The highest BCUT2D eigenvalue weighted by atomic mass is 16.8. The van der Waals surface area contributed by atoms with Gasteiger partial charge < -0.3 is 89.9 Å². The van der Waals surface area contributed by atoms with Gasteiger partial charge in [-0.05, 0) is 77.0 Å². The highest BCUT2D eigenvalue weighted by Gasteiger charge is 2.54. The number of allylic oxidation sites excluding steroid dienone is 13. The molecule has 103 heavy (non-hydrogen) atoms. The van der Waals surface area contributed by atoms with Gasteiger partial charge in [0, 0.05) is 6.42 Å². The largest absolute Gasteiger partial charge is 0.394 e. The maximum Gasteiger partial charge on any atom is 0.220 e. The quantitative estimate of drug-likeness (QED) is 0.0199. The molecule has 0 aromatic rings. The molecular weight excluding hydrogens is 1310 g/mol. The molecule has 3 aliphatic rings. The van der Waals surface area contributed by atoms with Gasteiger partial charge in [-0.3, -0.25) is 4.79 Å².